The highest BCUT2D eigenvalue weighted by Gasteiger charge is 2.13. The van der Waals surface area contributed by atoms with Crippen molar-refractivity contribution in [3.05, 3.63) is 42.7 Å². The monoisotopic (exact) mass is 385 g/mol. The summed E-state index contributed by atoms with van der Waals surface area (Å²) in [4.78, 5) is 21.0. The van der Waals surface area contributed by atoms with E-state index in [1.807, 2.05) is 18.2 Å². The molecule has 1 amide bonds. The Hall–Kier alpha value is -3.27. The smallest absolute Gasteiger partial charge is 0.340 e. The van der Waals surface area contributed by atoms with Gasteiger partial charge in [-0.1, -0.05) is 5.16 Å². The van der Waals surface area contributed by atoms with Gasteiger partial charge in [-0.15, -0.1) is 11.8 Å². The fraction of sp³-hybridized carbons (Fsp3) is 0.176. The maximum Gasteiger partial charge on any atom is 0.340 e. The zero-order valence-electron chi connectivity index (χ0n) is 14.0. The number of carbonyl (C=O) groups is 1. The third kappa shape index (κ3) is 4.29. The van der Waals surface area contributed by atoms with Crippen LogP contribution < -0.4 is 20.3 Å². The van der Waals surface area contributed by atoms with Crippen molar-refractivity contribution in [1.29, 1.82) is 0 Å². The number of benzene rings is 1. The third-order valence-corrected chi connectivity index (χ3v) is 4.55. The largest absolute Gasteiger partial charge is 0.486 e. The second kappa shape index (κ2) is 7.96. The lowest BCUT2D eigenvalue weighted by Crippen LogP contribution is -2.30. The molecule has 1 aliphatic rings. The standard InChI is InChI=1S/C17H15N5O4S/c23-15(10-27-12-1-2-13-14(9-12)25-8-7-24-13)20-21-17-19-16(22-26-17)11-3-5-18-6-4-11/h1-6,9H,7-8,10H2,(H,20,23)(H,19,21,22). The molecule has 0 fully saturated rings. The summed E-state index contributed by atoms with van der Waals surface area (Å²) in [5.41, 5.74) is 5.90. The Morgan fingerprint density at radius 3 is 2.78 bits per heavy atom. The molecule has 0 atom stereocenters. The zero-order valence-corrected chi connectivity index (χ0v) is 14.9. The minimum atomic E-state index is -0.237. The van der Waals surface area contributed by atoms with Crippen LogP contribution in [-0.2, 0) is 4.79 Å². The lowest BCUT2D eigenvalue weighted by Gasteiger charge is -2.18. The number of carbonyl (C=O) groups excluding carboxylic acids is 1. The van der Waals surface area contributed by atoms with Crippen molar-refractivity contribution in [2.24, 2.45) is 0 Å². The first-order chi connectivity index (χ1) is 13.3. The molecule has 0 spiro atoms. The van der Waals surface area contributed by atoms with Crippen molar-refractivity contribution < 1.29 is 18.8 Å². The van der Waals surface area contributed by atoms with Crippen LogP contribution in [0, 0.1) is 0 Å². The van der Waals surface area contributed by atoms with E-state index in [0.717, 1.165) is 16.2 Å². The van der Waals surface area contributed by atoms with Crippen molar-refractivity contribution in [2.45, 2.75) is 4.90 Å². The Morgan fingerprint density at radius 1 is 1.11 bits per heavy atom. The Kier molecular flexibility index (Phi) is 5.06. The predicted molar refractivity (Wildman–Crippen MR) is 97.5 cm³/mol. The molecular formula is C17H15N5O4S. The van der Waals surface area contributed by atoms with Gasteiger partial charge in [-0.3, -0.25) is 15.2 Å². The number of hydrazine groups is 1. The number of ether oxygens (including phenoxy) is 2. The molecule has 4 rings (SSSR count). The summed E-state index contributed by atoms with van der Waals surface area (Å²) in [6.07, 6.45) is 3.27. The highest BCUT2D eigenvalue weighted by molar-refractivity contribution is 8.00. The van der Waals surface area contributed by atoms with Gasteiger partial charge in [-0.2, -0.15) is 4.98 Å². The number of rotatable bonds is 6. The number of nitrogens with zero attached hydrogens (tertiary/aromatic N) is 3. The molecule has 1 aromatic carbocycles. The summed E-state index contributed by atoms with van der Waals surface area (Å²) in [7, 11) is 0. The number of amides is 1. The van der Waals surface area contributed by atoms with E-state index in [-0.39, 0.29) is 17.7 Å². The van der Waals surface area contributed by atoms with Crippen LogP contribution in [0.4, 0.5) is 6.01 Å². The maximum absolute atomic E-state index is 12.0. The van der Waals surface area contributed by atoms with Crippen LogP contribution in [0.5, 0.6) is 11.5 Å². The first-order valence-corrected chi connectivity index (χ1v) is 9.08. The van der Waals surface area contributed by atoms with Crippen molar-refractivity contribution in [1.82, 2.24) is 20.6 Å². The van der Waals surface area contributed by atoms with Crippen LogP contribution in [0.2, 0.25) is 0 Å². The molecule has 1 aliphatic heterocycles. The van der Waals surface area contributed by atoms with Crippen LogP contribution >= 0.6 is 11.8 Å². The molecule has 27 heavy (non-hydrogen) atoms. The van der Waals surface area contributed by atoms with Crippen LogP contribution in [0.1, 0.15) is 0 Å². The normalized spacial score (nSPS) is 12.4. The Balaban J connectivity index is 1.27. The van der Waals surface area contributed by atoms with E-state index in [1.165, 1.54) is 11.8 Å². The van der Waals surface area contributed by atoms with Crippen LogP contribution in [0.15, 0.2) is 52.1 Å². The number of hydrogen-bond acceptors (Lipinski definition) is 9. The second-order valence-electron chi connectivity index (χ2n) is 5.43. The van der Waals surface area contributed by atoms with Gasteiger partial charge in [0.1, 0.15) is 13.2 Å². The summed E-state index contributed by atoms with van der Waals surface area (Å²) < 4.78 is 16.1. The molecule has 0 aliphatic carbocycles. The lowest BCUT2D eigenvalue weighted by atomic mass is 10.3. The summed E-state index contributed by atoms with van der Waals surface area (Å²) in [5.74, 6) is 1.79. The van der Waals surface area contributed by atoms with Crippen LogP contribution in [0.3, 0.4) is 0 Å². The van der Waals surface area contributed by atoms with Gasteiger partial charge in [-0.05, 0) is 30.3 Å². The van der Waals surface area contributed by atoms with Crippen molar-refractivity contribution in [2.75, 3.05) is 24.4 Å². The number of nitrogens with one attached hydrogen (secondary N) is 2. The Bertz CT molecular complexity index is 934. The lowest BCUT2D eigenvalue weighted by molar-refractivity contribution is -0.118. The van der Waals surface area contributed by atoms with Crippen molar-refractivity contribution in [3.63, 3.8) is 0 Å². The molecule has 2 N–H and O–H groups in total. The fourth-order valence-corrected chi connectivity index (χ4v) is 3.04. The predicted octanol–water partition coefficient (Wildman–Crippen LogP) is 2.14. The number of aromatic nitrogens is 3. The summed E-state index contributed by atoms with van der Waals surface area (Å²) in [6, 6.07) is 9.21. The highest BCUT2D eigenvalue weighted by atomic mass is 32.2. The number of hydrogen-bond donors (Lipinski definition) is 2. The first-order valence-electron chi connectivity index (χ1n) is 8.09. The third-order valence-electron chi connectivity index (χ3n) is 3.56. The van der Waals surface area contributed by atoms with Gasteiger partial charge in [0.2, 0.25) is 11.7 Å². The molecule has 0 bridgehead atoms. The molecule has 9 nitrogen and oxygen atoms in total. The minimum absolute atomic E-state index is 0.0968. The molecule has 3 aromatic rings. The number of pyridine rings is 1. The van der Waals surface area contributed by atoms with E-state index in [0.29, 0.717) is 24.8 Å². The summed E-state index contributed by atoms with van der Waals surface area (Å²) >= 11 is 1.38. The quantitative estimate of drug-likeness (QED) is 0.487. The van der Waals surface area contributed by atoms with Crippen molar-refractivity contribution >= 4 is 23.7 Å². The van der Waals surface area contributed by atoms with E-state index in [9.17, 15) is 4.79 Å². The minimum Gasteiger partial charge on any atom is -0.486 e. The van der Waals surface area contributed by atoms with E-state index >= 15 is 0 Å². The van der Waals surface area contributed by atoms with Crippen LogP contribution in [-0.4, -0.2) is 40.0 Å². The second-order valence-corrected chi connectivity index (χ2v) is 6.48. The SMILES string of the molecule is O=C(CSc1ccc2c(c1)OCCO2)NNc1nc(-c2ccncc2)no1. The summed E-state index contributed by atoms with van der Waals surface area (Å²) in [6.45, 7) is 1.07. The number of thioether (sulfide) groups is 1. The van der Waals surface area contributed by atoms with E-state index in [1.54, 1.807) is 24.5 Å². The zero-order chi connectivity index (χ0) is 18.5. The molecule has 3 heterocycles. The van der Waals surface area contributed by atoms with Gasteiger partial charge >= 0.3 is 6.01 Å². The van der Waals surface area contributed by atoms with Gasteiger partial charge in [0.25, 0.3) is 0 Å². The molecule has 2 aromatic heterocycles. The Labute approximate surface area is 158 Å². The Morgan fingerprint density at radius 2 is 1.93 bits per heavy atom. The molecule has 0 radical (unpaired) electrons. The van der Waals surface area contributed by atoms with Gasteiger partial charge in [-0.25, -0.2) is 5.43 Å². The maximum atomic E-state index is 12.0. The average molecular weight is 385 g/mol. The first kappa shape index (κ1) is 17.2. The fourth-order valence-electron chi connectivity index (χ4n) is 2.31. The molecule has 0 unspecified atom stereocenters. The molecule has 138 valence electrons. The van der Waals surface area contributed by atoms with Gasteiger partial charge in [0.15, 0.2) is 11.5 Å². The van der Waals surface area contributed by atoms with Crippen LogP contribution in [0.25, 0.3) is 11.4 Å². The van der Waals surface area contributed by atoms with Gasteiger partial charge in [0.05, 0.1) is 5.75 Å². The topological polar surface area (TPSA) is 111 Å². The molecular weight excluding hydrogens is 370 g/mol. The molecule has 10 heteroatoms. The van der Waals surface area contributed by atoms with Gasteiger partial charge < -0.3 is 14.0 Å². The average Bonchev–Trinajstić information content (AvgIpc) is 3.20. The molecule has 0 saturated heterocycles. The van der Waals surface area contributed by atoms with E-state index in [2.05, 4.69) is 26.0 Å². The van der Waals surface area contributed by atoms with Gasteiger partial charge in [0, 0.05) is 22.9 Å². The number of anilines is 1. The van der Waals surface area contributed by atoms with E-state index < -0.39 is 0 Å². The molecule has 0 saturated carbocycles. The summed E-state index contributed by atoms with van der Waals surface area (Å²) in [5, 5.41) is 3.84. The highest BCUT2D eigenvalue weighted by Crippen LogP contribution is 2.34. The van der Waals surface area contributed by atoms with Crippen molar-refractivity contribution in [3.8, 4) is 22.9 Å². The number of fused-ring (bicyclic) bond motifs is 1. The van der Waals surface area contributed by atoms with E-state index in [4.69, 9.17) is 14.0 Å².